The summed E-state index contributed by atoms with van der Waals surface area (Å²) < 4.78 is 16.7. The van der Waals surface area contributed by atoms with Crippen LogP contribution in [-0.2, 0) is 6.61 Å². The molecule has 31 heteroatoms. The average Bonchev–Trinajstić information content (AvgIpc) is 0.781. The lowest BCUT2D eigenvalue weighted by Crippen LogP contribution is -2.24. The SMILES string of the molecule is C.CCNC(=O)c1nc(Cl)c2cc(OC)ccc2c1C.CCNC(=O)c1nc(Cl)c2cc(OCc3ccccc3)ccc2c1C.CCNC(=O)c1nc(Cl)c2ccccc2c1C.CCNC(=O)c1nc2cc(Cl)ccc2cc1C.CCNC(=O)c1nc2ccc(OC(C)C)cc2cc1C.CCNC(=O)c1ncc2ccccc2c1C.CCNC(=O)c1ncccc1C.Cc1c[nH]c2c(ccc3cccnc32)c1=O. The van der Waals surface area contributed by atoms with Crippen molar-refractivity contribution in [2.75, 3.05) is 52.9 Å². The first-order valence-electron chi connectivity index (χ1n) is 46.4. The number of aromatic nitrogens is 9. The van der Waals surface area contributed by atoms with Gasteiger partial charge in [0.25, 0.3) is 41.4 Å². The summed E-state index contributed by atoms with van der Waals surface area (Å²) in [5, 5.41) is 31.9. The van der Waals surface area contributed by atoms with Crippen LogP contribution in [0, 0.1) is 55.4 Å². The number of fused-ring (bicyclic) bond motifs is 9. The van der Waals surface area contributed by atoms with Crippen molar-refractivity contribution in [1.29, 1.82) is 0 Å². The fraction of sp³-hybridized carbons (Fsp3) is 0.250. The lowest BCUT2D eigenvalue weighted by atomic mass is 10.0. The molecule has 742 valence electrons. The van der Waals surface area contributed by atoms with E-state index in [0.717, 1.165) is 137 Å². The van der Waals surface area contributed by atoms with E-state index in [4.69, 9.17) is 60.6 Å². The van der Waals surface area contributed by atoms with Crippen LogP contribution in [0.3, 0.4) is 0 Å². The van der Waals surface area contributed by atoms with Crippen LogP contribution in [0.1, 0.15) is 193 Å². The number of H-pyrrole nitrogens is 1. The number of pyridine rings is 9. The summed E-state index contributed by atoms with van der Waals surface area (Å²) in [6, 6.07) is 63.3. The molecular formula is C112H120Cl4N16O11. The number of nitrogens with zero attached hydrogens (tertiary/aromatic N) is 8. The molecule has 17 aromatic rings. The molecule has 7 amide bonds. The lowest BCUT2D eigenvalue weighted by molar-refractivity contribution is 0.0942. The summed E-state index contributed by atoms with van der Waals surface area (Å²) in [6.07, 6.45) is 6.97. The van der Waals surface area contributed by atoms with Crippen LogP contribution in [0.15, 0.2) is 230 Å². The highest BCUT2D eigenvalue weighted by molar-refractivity contribution is 6.36. The molecule has 0 saturated carbocycles. The number of aryl methyl sites for hydroxylation is 8. The third-order valence-corrected chi connectivity index (χ3v) is 23.1. The van der Waals surface area contributed by atoms with Crippen molar-refractivity contribution >= 4 is 174 Å². The number of halogens is 4. The second kappa shape index (κ2) is 54.0. The quantitative estimate of drug-likeness (QED) is 0.0259. The van der Waals surface area contributed by atoms with Gasteiger partial charge >= 0.3 is 0 Å². The standard InChI is InChI=1S/C20H19ClN2O2.C16H20N2O2.C14H15ClN2O2.2C13H13ClN2O.C13H10N2O.C13H14N2O.C9H12N2O.CH4/c1-3-22-20(24)18-13(2)16-10-9-15(11-17(16)19(21)23-18)25-12-14-7-5-4-6-8-14;1-5-17-16(19)15-11(4)8-12-9-13(20-10(2)3)6-7-14(12)18-15;1-4-16-14(18)12-8(2)10-6-5-9(19-3)7-11(10)13(15)17-12;1-3-15-13(17)12-8(2)6-9-4-5-10(14)7-11(9)16-12;1-3-15-13(17)11-8(2)9-6-4-5-7-10(9)12(14)16-11;1-8-7-15-12-10(13(8)16)5-4-9-3-2-6-14-11(9)12;1-3-14-13(16)12-9(2)11-7-5-4-6-10(11)8-15-12;1-3-10-9(12)8-7(2)5-4-6-11-8;/h4-11H,3,12H2,1-2H3,(H,22,24);6-10H,5H2,1-4H3,(H,17,19);5-7H,4H2,1-3H3,(H,16,18);2*4-7H,3H2,1-2H3,(H,15,17);2-7H,1H3,(H,15,16);4-8H,3H2,1-2H3,(H,14,16);4-6H,3H2,1-2H3,(H,10,12);1H4. The first-order chi connectivity index (χ1) is 68.2. The Morgan fingerprint density at radius 1 is 0.350 bits per heavy atom. The van der Waals surface area contributed by atoms with Crippen molar-refractivity contribution in [1.82, 2.24) is 82.1 Å². The Kier molecular flexibility index (Phi) is 42.1. The number of hydrogen-bond acceptors (Lipinski definition) is 19. The minimum absolute atomic E-state index is 0. The molecule has 0 spiro atoms. The van der Waals surface area contributed by atoms with Gasteiger partial charge in [-0.25, -0.2) is 24.9 Å². The lowest BCUT2D eigenvalue weighted by Gasteiger charge is -2.12. The number of ether oxygens (including phenoxy) is 3. The average molecular weight is 2010 g/mol. The molecule has 17 rings (SSSR count). The molecule has 0 aliphatic rings. The zero-order valence-corrected chi connectivity index (χ0v) is 85.7. The third-order valence-electron chi connectivity index (χ3n) is 22.0. The largest absolute Gasteiger partial charge is 0.497 e. The maximum Gasteiger partial charge on any atom is 0.270 e. The number of benzene rings is 8. The maximum absolute atomic E-state index is 12.1. The van der Waals surface area contributed by atoms with E-state index in [1.165, 1.54) is 0 Å². The predicted molar refractivity (Wildman–Crippen MR) is 578 cm³/mol. The van der Waals surface area contributed by atoms with E-state index in [0.29, 0.717) is 130 Å². The zero-order valence-electron chi connectivity index (χ0n) is 82.7. The Labute approximate surface area is 852 Å². The third kappa shape index (κ3) is 29.3. The highest BCUT2D eigenvalue weighted by Crippen LogP contribution is 2.34. The highest BCUT2D eigenvalue weighted by atomic mass is 35.5. The molecular weight excluding hydrogens is 1890 g/mol. The molecule has 0 saturated heterocycles. The predicted octanol–water partition coefficient (Wildman–Crippen LogP) is 22.9. The van der Waals surface area contributed by atoms with E-state index in [1.807, 2.05) is 305 Å². The molecule has 0 aliphatic carbocycles. The molecule has 9 heterocycles. The molecule has 0 bridgehead atoms. The van der Waals surface area contributed by atoms with Crippen LogP contribution in [0.2, 0.25) is 20.5 Å². The minimum Gasteiger partial charge on any atom is -0.497 e. The number of aromatic amines is 1. The monoisotopic (exact) mass is 2000 g/mol. The van der Waals surface area contributed by atoms with Crippen LogP contribution in [0.4, 0.5) is 0 Å². The van der Waals surface area contributed by atoms with Crippen molar-refractivity contribution < 1.29 is 47.8 Å². The van der Waals surface area contributed by atoms with Gasteiger partial charge < -0.3 is 56.4 Å². The van der Waals surface area contributed by atoms with Crippen LogP contribution in [-0.4, -0.2) is 145 Å². The molecule has 8 aromatic carbocycles. The number of amides is 7. The van der Waals surface area contributed by atoms with Crippen LogP contribution < -0.4 is 56.9 Å². The van der Waals surface area contributed by atoms with E-state index in [9.17, 15) is 38.4 Å². The summed E-state index contributed by atoms with van der Waals surface area (Å²) in [4.78, 5) is 132. The van der Waals surface area contributed by atoms with Crippen LogP contribution in [0.5, 0.6) is 17.2 Å². The highest BCUT2D eigenvalue weighted by Gasteiger charge is 2.22. The number of carbonyl (C=O) groups excluding carboxylic acids is 7. The fourth-order valence-corrected chi connectivity index (χ4v) is 15.9. The summed E-state index contributed by atoms with van der Waals surface area (Å²) in [6.45, 7) is 36.7. The Morgan fingerprint density at radius 2 is 0.776 bits per heavy atom. The van der Waals surface area contributed by atoms with Crippen molar-refractivity contribution in [3.8, 4) is 17.2 Å². The van der Waals surface area contributed by atoms with Gasteiger partial charge in [-0.3, -0.25) is 53.3 Å². The summed E-state index contributed by atoms with van der Waals surface area (Å²) in [7, 11) is 1.60. The number of carbonyl (C=O) groups is 7. The van der Waals surface area contributed by atoms with E-state index < -0.39 is 0 Å². The van der Waals surface area contributed by atoms with Crippen molar-refractivity contribution in [3.05, 3.63) is 346 Å². The van der Waals surface area contributed by atoms with Gasteiger partial charge in [0.15, 0.2) is 5.43 Å². The molecule has 0 atom stereocenters. The molecule has 0 aliphatic heterocycles. The van der Waals surface area contributed by atoms with Gasteiger partial charge in [0, 0.05) is 124 Å². The zero-order chi connectivity index (χ0) is 103. The summed E-state index contributed by atoms with van der Waals surface area (Å²) >= 11 is 24.5. The first kappa shape index (κ1) is 111. The first-order valence-corrected chi connectivity index (χ1v) is 47.9. The second-order valence-electron chi connectivity index (χ2n) is 32.6. The van der Waals surface area contributed by atoms with E-state index in [1.54, 1.807) is 44.9 Å². The van der Waals surface area contributed by atoms with E-state index in [2.05, 4.69) is 82.1 Å². The topological polar surface area (TPSA) is 367 Å². The van der Waals surface area contributed by atoms with Gasteiger partial charge in [0.2, 0.25) is 0 Å². The summed E-state index contributed by atoms with van der Waals surface area (Å²) in [5.41, 5.74) is 14.2. The van der Waals surface area contributed by atoms with Gasteiger partial charge in [0.1, 0.15) is 79.2 Å². The second-order valence-corrected chi connectivity index (χ2v) is 34.1. The van der Waals surface area contributed by atoms with Crippen molar-refractivity contribution in [3.63, 3.8) is 0 Å². The Bertz CT molecular complexity index is 7520. The molecule has 0 unspecified atom stereocenters. The Balaban J connectivity index is 0.000000183. The van der Waals surface area contributed by atoms with Gasteiger partial charge in [-0.15, -0.1) is 0 Å². The van der Waals surface area contributed by atoms with Gasteiger partial charge in [-0.1, -0.05) is 169 Å². The number of nitrogens with one attached hydrogen (secondary N) is 8. The van der Waals surface area contributed by atoms with Gasteiger partial charge in [0.05, 0.1) is 35.3 Å². The number of hydrogen-bond donors (Lipinski definition) is 8. The number of methoxy groups -OCH3 is 1. The number of rotatable bonds is 20. The van der Waals surface area contributed by atoms with Crippen molar-refractivity contribution in [2.24, 2.45) is 0 Å². The minimum atomic E-state index is -0.215. The smallest absolute Gasteiger partial charge is 0.270 e. The molecule has 143 heavy (non-hydrogen) atoms. The van der Waals surface area contributed by atoms with E-state index >= 15 is 0 Å². The fourth-order valence-electron chi connectivity index (χ4n) is 15.0. The van der Waals surface area contributed by atoms with Gasteiger partial charge in [-0.05, 0) is 269 Å². The summed E-state index contributed by atoms with van der Waals surface area (Å²) in [5.74, 6) is 1.15. The van der Waals surface area contributed by atoms with Crippen LogP contribution >= 0.6 is 46.4 Å². The van der Waals surface area contributed by atoms with Crippen LogP contribution in [0.25, 0.3) is 86.7 Å². The molecule has 27 nitrogen and oxygen atoms in total. The molecule has 9 aromatic heterocycles. The maximum atomic E-state index is 12.1. The molecule has 8 N–H and O–H groups in total. The molecule has 0 radical (unpaired) electrons. The Morgan fingerprint density at radius 3 is 1.31 bits per heavy atom. The Hall–Kier alpha value is -15.2. The van der Waals surface area contributed by atoms with Gasteiger partial charge in [-0.2, -0.15) is 0 Å². The van der Waals surface area contributed by atoms with E-state index in [-0.39, 0.29) is 60.3 Å². The molecule has 0 fully saturated rings. The normalized spacial score (nSPS) is 10.5. The van der Waals surface area contributed by atoms with Crippen molar-refractivity contribution in [2.45, 2.75) is 138 Å².